The first-order valence-corrected chi connectivity index (χ1v) is 9.02. The summed E-state index contributed by atoms with van der Waals surface area (Å²) in [5.41, 5.74) is 6.27. The number of hydrogen-bond donors (Lipinski definition) is 2. The van der Waals surface area contributed by atoms with Crippen molar-refractivity contribution < 1.29 is 18.7 Å². The number of hydrogen-bond acceptors (Lipinski definition) is 4. The minimum absolute atomic E-state index is 0.207. The van der Waals surface area contributed by atoms with Crippen LogP contribution in [0.25, 0.3) is 0 Å². The average Bonchev–Trinajstić information content (AvgIpc) is 3.20. The van der Waals surface area contributed by atoms with Crippen LogP contribution in [0, 0.1) is 5.82 Å². The molecule has 0 fully saturated rings. The minimum Gasteiger partial charge on any atom is -0.483 e. The Hall–Kier alpha value is -3.19. The van der Waals surface area contributed by atoms with Crippen LogP contribution in [0.1, 0.15) is 26.8 Å². The fraction of sp³-hybridized carbons (Fsp3) is 0.100. The lowest BCUT2D eigenvalue weighted by Crippen LogP contribution is -2.33. The normalized spacial score (nSPS) is 11.6. The molecule has 2 amide bonds. The highest BCUT2D eigenvalue weighted by molar-refractivity contribution is 7.10. The van der Waals surface area contributed by atoms with Gasteiger partial charge in [0.15, 0.2) is 6.61 Å². The summed E-state index contributed by atoms with van der Waals surface area (Å²) in [6.45, 7) is -0.284. The van der Waals surface area contributed by atoms with Gasteiger partial charge in [0.2, 0.25) is 0 Å². The highest BCUT2D eigenvalue weighted by atomic mass is 32.1. The van der Waals surface area contributed by atoms with Crippen molar-refractivity contribution in [3.63, 3.8) is 0 Å². The number of thiophene rings is 1. The molecule has 1 unspecified atom stereocenters. The van der Waals surface area contributed by atoms with E-state index in [2.05, 4.69) is 5.32 Å². The van der Waals surface area contributed by atoms with Gasteiger partial charge >= 0.3 is 0 Å². The molecule has 1 atom stereocenters. The van der Waals surface area contributed by atoms with E-state index in [9.17, 15) is 14.0 Å². The maximum Gasteiger partial charge on any atom is 0.258 e. The van der Waals surface area contributed by atoms with Crippen molar-refractivity contribution in [3.05, 3.63) is 87.9 Å². The van der Waals surface area contributed by atoms with Crippen LogP contribution in [0.5, 0.6) is 5.75 Å². The lowest BCUT2D eigenvalue weighted by Gasteiger charge is -2.18. The maximum atomic E-state index is 13.2. The number of carbonyl (C=O) groups is 2. The Kier molecular flexibility index (Phi) is 5.83. The smallest absolute Gasteiger partial charge is 0.258 e. The number of amides is 2. The van der Waals surface area contributed by atoms with E-state index in [1.807, 2.05) is 17.5 Å². The van der Waals surface area contributed by atoms with Gasteiger partial charge in [-0.2, -0.15) is 0 Å². The van der Waals surface area contributed by atoms with Gasteiger partial charge in [0.1, 0.15) is 11.6 Å². The Morgan fingerprint density at radius 2 is 1.81 bits per heavy atom. The summed E-state index contributed by atoms with van der Waals surface area (Å²) >= 11 is 1.48. The lowest BCUT2D eigenvalue weighted by molar-refractivity contribution is -0.123. The van der Waals surface area contributed by atoms with E-state index in [-0.39, 0.29) is 29.6 Å². The second-order valence-electron chi connectivity index (χ2n) is 5.72. The molecule has 0 saturated carbocycles. The third-order valence-corrected chi connectivity index (χ3v) is 4.78. The number of benzene rings is 2. The van der Waals surface area contributed by atoms with E-state index in [0.717, 1.165) is 10.4 Å². The summed E-state index contributed by atoms with van der Waals surface area (Å²) < 4.78 is 18.7. The fourth-order valence-electron chi connectivity index (χ4n) is 2.57. The van der Waals surface area contributed by atoms with E-state index >= 15 is 0 Å². The Morgan fingerprint density at radius 3 is 2.48 bits per heavy atom. The van der Waals surface area contributed by atoms with Gasteiger partial charge in [0, 0.05) is 4.88 Å². The van der Waals surface area contributed by atoms with Crippen molar-refractivity contribution in [1.82, 2.24) is 5.32 Å². The molecule has 3 aromatic rings. The van der Waals surface area contributed by atoms with Crippen LogP contribution < -0.4 is 15.8 Å². The van der Waals surface area contributed by atoms with Crippen LogP contribution in [0.4, 0.5) is 4.39 Å². The Balaban J connectivity index is 1.72. The molecule has 0 spiro atoms. The van der Waals surface area contributed by atoms with E-state index in [4.69, 9.17) is 10.5 Å². The van der Waals surface area contributed by atoms with Crippen molar-refractivity contribution in [2.45, 2.75) is 6.04 Å². The van der Waals surface area contributed by atoms with Crippen molar-refractivity contribution in [1.29, 1.82) is 0 Å². The summed E-state index contributed by atoms with van der Waals surface area (Å²) in [6.07, 6.45) is 0. The zero-order valence-corrected chi connectivity index (χ0v) is 15.0. The molecule has 27 heavy (non-hydrogen) atoms. The zero-order valence-electron chi connectivity index (χ0n) is 14.2. The molecular weight excluding hydrogens is 367 g/mol. The van der Waals surface area contributed by atoms with E-state index < -0.39 is 11.9 Å². The third kappa shape index (κ3) is 4.71. The van der Waals surface area contributed by atoms with Crippen LogP contribution >= 0.6 is 11.3 Å². The van der Waals surface area contributed by atoms with Gasteiger partial charge in [-0.15, -0.1) is 11.3 Å². The average molecular weight is 384 g/mol. The van der Waals surface area contributed by atoms with Crippen molar-refractivity contribution in [2.24, 2.45) is 5.73 Å². The molecule has 0 aliphatic heterocycles. The van der Waals surface area contributed by atoms with Crippen LogP contribution in [0.3, 0.4) is 0 Å². The summed E-state index contributed by atoms with van der Waals surface area (Å²) in [5, 5.41) is 4.78. The van der Waals surface area contributed by atoms with Gasteiger partial charge in [-0.25, -0.2) is 4.39 Å². The second-order valence-corrected chi connectivity index (χ2v) is 6.70. The Labute approximate surface area is 159 Å². The van der Waals surface area contributed by atoms with E-state index in [0.29, 0.717) is 0 Å². The van der Waals surface area contributed by atoms with Gasteiger partial charge in [-0.05, 0) is 41.3 Å². The molecule has 1 aromatic heterocycles. The zero-order chi connectivity index (χ0) is 19.2. The first-order valence-electron chi connectivity index (χ1n) is 8.14. The van der Waals surface area contributed by atoms with Gasteiger partial charge in [-0.3, -0.25) is 9.59 Å². The Bertz CT molecular complexity index is 927. The molecule has 3 N–H and O–H groups in total. The molecule has 0 radical (unpaired) electrons. The van der Waals surface area contributed by atoms with Crippen molar-refractivity contribution in [3.8, 4) is 5.75 Å². The molecule has 7 heteroatoms. The fourth-order valence-corrected chi connectivity index (χ4v) is 3.37. The topological polar surface area (TPSA) is 81.4 Å². The predicted octanol–water partition coefficient (Wildman–Crippen LogP) is 3.27. The highest BCUT2D eigenvalue weighted by Gasteiger charge is 2.19. The highest BCUT2D eigenvalue weighted by Crippen LogP contribution is 2.26. The van der Waals surface area contributed by atoms with Gasteiger partial charge in [-0.1, -0.05) is 30.3 Å². The number of carbonyl (C=O) groups excluding carboxylic acids is 2. The first-order chi connectivity index (χ1) is 13.0. The maximum absolute atomic E-state index is 13.2. The number of para-hydroxylation sites is 1. The van der Waals surface area contributed by atoms with Crippen LogP contribution in [0.15, 0.2) is 66.0 Å². The van der Waals surface area contributed by atoms with Crippen molar-refractivity contribution >= 4 is 23.2 Å². The molecule has 2 aromatic carbocycles. The van der Waals surface area contributed by atoms with Gasteiger partial charge in [0.25, 0.3) is 11.8 Å². The van der Waals surface area contributed by atoms with Gasteiger partial charge < -0.3 is 15.8 Å². The molecule has 0 bridgehead atoms. The monoisotopic (exact) mass is 384 g/mol. The standard InChI is InChI=1S/C20H17FN2O3S/c21-14-9-7-13(8-10-14)19(17-6-3-11-27-17)23-18(24)12-26-16-5-2-1-4-15(16)20(22)25/h1-11,19H,12H2,(H2,22,25)(H,23,24). The lowest BCUT2D eigenvalue weighted by atomic mass is 10.1. The largest absolute Gasteiger partial charge is 0.483 e. The van der Waals surface area contributed by atoms with E-state index in [1.165, 1.54) is 29.5 Å². The second kappa shape index (κ2) is 8.46. The molecule has 0 aliphatic carbocycles. The number of halogens is 1. The third-order valence-electron chi connectivity index (χ3n) is 3.85. The van der Waals surface area contributed by atoms with E-state index in [1.54, 1.807) is 30.3 Å². The summed E-state index contributed by atoms with van der Waals surface area (Å²) in [5.74, 6) is -1.11. The SMILES string of the molecule is NC(=O)c1ccccc1OCC(=O)NC(c1ccc(F)cc1)c1cccs1. The molecule has 5 nitrogen and oxygen atoms in total. The molecule has 1 heterocycles. The van der Waals surface area contributed by atoms with Crippen LogP contribution in [-0.2, 0) is 4.79 Å². The number of ether oxygens (including phenoxy) is 1. The molecule has 138 valence electrons. The van der Waals surface area contributed by atoms with Crippen LogP contribution in [-0.4, -0.2) is 18.4 Å². The molecule has 0 saturated heterocycles. The van der Waals surface area contributed by atoms with Crippen LogP contribution in [0.2, 0.25) is 0 Å². The predicted molar refractivity (Wildman–Crippen MR) is 101 cm³/mol. The quantitative estimate of drug-likeness (QED) is 0.656. The van der Waals surface area contributed by atoms with Crippen molar-refractivity contribution in [2.75, 3.05) is 6.61 Å². The summed E-state index contributed by atoms with van der Waals surface area (Å²) in [4.78, 5) is 24.8. The minimum atomic E-state index is -0.631. The summed E-state index contributed by atoms with van der Waals surface area (Å²) in [7, 11) is 0. The number of nitrogens with two attached hydrogens (primary N) is 1. The number of rotatable bonds is 7. The molecule has 0 aliphatic rings. The molecule has 3 rings (SSSR count). The van der Waals surface area contributed by atoms with Gasteiger partial charge in [0.05, 0.1) is 11.6 Å². The summed E-state index contributed by atoms with van der Waals surface area (Å²) in [6, 6.07) is 15.8. The Morgan fingerprint density at radius 1 is 1.07 bits per heavy atom. The molecular formula is C20H17FN2O3S. The number of primary amides is 1. The number of nitrogens with one attached hydrogen (secondary N) is 1. The first kappa shape index (κ1) is 18.6.